The molecule has 5 aromatic rings. The van der Waals surface area contributed by atoms with Crippen LogP contribution in [0.5, 0.6) is 0 Å². The summed E-state index contributed by atoms with van der Waals surface area (Å²) in [4.78, 5) is 16.1. The van der Waals surface area contributed by atoms with E-state index >= 15 is 0 Å². The van der Waals surface area contributed by atoms with Crippen LogP contribution in [-0.2, 0) is 6.16 Å². The van der Waals surface area contributed by atoms with E-state index in [1.807, 2.05) is 30.5 Å². The molecule has 0 radical (unpaired) electrons. The van der Waals surface area contributed by atoms with Crippen LogP contribution >= 0.6 is 35.3 Å². The van der Waals surface area contributed by atoms with Crippen molar-refractivity contribution in [2.24, 2.45) is 0 Å². The molecule has 0 aliphatic rings. The number of nitrogens with zero attached hydrogens (tertiary/aromatic N) is 3. The second-order valence-corrected chi connectivity index (χ2v) is 16.1. The molecule has 0 fully saturated rings. The maximum absolute atomic E-state index is 11.0. The van der Waals surface area contributed by atoms with Crippen molar-refractivity contribution in [3.05, 3.63) is 149 Å². The fourth-order valence-corrected chi connectivity index (χ4v) is 11.4. The molecule has 0 bridgehead atoms. The molecule has 0 N–H and O–H groups in total. The molecule has 0 saturated heterocycles. The summed E-state index contributed by atoms with van der Waals surface area (Å²) in [5.41, 5.74) is 1.49. The van der Waals surface area contributed by atoms with Crippen LogP contribution in [0.1, 0.15) is 11.1 Å². The summed E-state index contributed by atoms with van der Waals surface area (Å²) in [7, 11) is 0. The Hall–Kier alpha value is -3.82. The number of hydrogen-bond acceptors (Lipinski definition) is 5. The third-order valence-corrected chi connectivity index (χ3v) is 14.5. The van der Waals surface area contributed by atoms with E-state index in [0.29, 0.717) is 16.8 Å². The van der Waals surface area contributed by atoms with Gasteiger partial charge in [0.05, 0.1) is 0 Å². The van der Waals surface area contributed by atoms with Crippen molar-refractivity contribution < 1.29 is 4.92 Å². The number of hydrogen-bond donors (Lipinski definition) is 0. The van der Waals surface area contributed by atoms with Gasteiger partial charge in [0, 0.05) is 0 Å². The Morgan fingerprint density at radius 2 is 1.30 bits per heavy atom. The number of nitro benzene ring substituents is 1. The molecule has 0 amide bonds. The van der Waals surface area contributed by atoms with Gasteiger partial charge in [-0.3, -0.25) is 0 Å². The monoisotopic (exact) mass is 627 g/mol. The van der Waals surface area contributed by atoms with Crippen LogP contribution in [0, 0.1) is 21.4 Å². The van der Waals surface area contributed by atoms with Crippen LogP contribution < -0.4 is 15.9 Å². The fourth-order valence-electron chi connectivity index (χ4n) is 5.16. The molecule has 5 nitrogen and oxygen atoms in total. The number of aromatic nitrogens is 1. The molecule has 0 atom stereocenters. The summed E-state index contributed by atoms with van der Waals surface area (Å²) in [6, 6.07) is 42.5. The van der Waals surface area contributed by atoms with Gasteiger partial charge in [-0.25, -0.2) is 0 Å². The normalized spacial score (nSPS) is 11.8. The zero-order valence-electron chi connectivity index (χ0n) is 21.8. The second kappa shape index (κ2) is 12.1. The molecular formula is C32H27BrN3O2PS. The topological polar surface area (TPSA) is 79.8 Å². The third kappa shape index (κ3) is 5.44. The van der Waals surface area contributed by atoms with Gasteiger partial charge in [-0.05, 0) is 0 Å². The Bertz CT molecular complexity index is 1560. The number of nitriles is 1. The average molecular weight is 629 g/mol. The van der Waals surface area contributed by atoms with Crippen molar-refractivity contribution in [1.29, 1.82) is 5.26 Å². The standard InChI is InChI=1S/C32H26N3O2PS.BrH/c1-38(28-11-5-2-6-12-28,29-13-7-3-8-14-29,30-15-9-4-10-16-30)24-25-21-26(22-33)32(34-23-25)39-31-19-17-27(18-20-31)35(36)37;/h2-21,23H,24H2,1H3;1H. The van der Waals surface area contributed by atoms with E-state index in [4.69, 9.17) is 4.98 Å². The molecule has 1 aromatic heterocycles. The number of non-ortho nitro benzene ring substituents is 1. The number of benzene rings is 4. The quantitative estimate of drug-likeness (QED) is 0.103. The summed E-state index contributed by atoms with van der Waals surface area (Å²) < 4.78 is 0. The molecule has 5 rings (SSSR count). The minimum atomic E-state index is -3.05. The Labute approximate surface area is 248 Å². The zero-order valence-corrected chi connectivity index (χ0v) is 25.2. The number of pyridine rings is 1. The molecule has 8 heteroatoms. The Morgan fingerprint density at radius 1 is 0.825 bits per heavy atom. The van der Waals surface area contributed by atoms with Gasteiger partial charge in [-0.2, -0.15) is 0 Å². The van der Waals surface area contributed by atoms with Crippen LogP contribution in [0.25, 0.3) is 0 Å². The van der Waals surface area contributed by atoms with Crippen LogP contribution in [0.2, 0.25) is 0 Å². The molecule has 0 spiro atoms. The molecule has 0 unspecified atom stereocenters. The van der Waals surface area contributed by atoms with Crippen molar-refractivity contribution in [3.8, 4) is 6.07 Å². The second-order valence-electron chi connectivity index (χ2n) is 9.62. The first-order valence-electron chi connectivity index (χ1n) is 12.4. The first-order valence-corrected chi connectivity index (χ1v) is 16.1. The van der Waals surface area contributed by atoms with Gasteiger partial charge >= 0.3 is 233 Å². The van der Waals surface area contributed by atoms with Crippen LogP contribution in [0.15, 0.2) is 137 Å². The number of halogens is 1. The molecule has 0 saturated carbocycles. The van der Waals surface area contributed by atoms with Gasteiger partial charge in [-0.1, -0.05) is 0 Å². The van der Waals surface area contributed by atoms with Gasteiger partial charge < -0.3 is 0 Å². The fraction of sp³-hybridized carbons (Fsp3) is 0.0625. The predicted octanol–water partition coefficient (Wildman–Crippen LogP) is 7.25. The van der Waals surface area contributed by atoms with Gasteiger partial charge in [0.2, 0.25) is 0 Å². The summed E-state index contributed by atoms with van der Waals surface area (Å²) in [6.45, 7) is -0.651. The Morgan fingerprint density at radius 3 is 1.73 bits per heavy atom. The minimum absolute atomic E-state index is 0. The third-order valence-electron chi connectivity index (χ3n) is 7.23. The number of rotatable bonds is 8. The van der Waals surface area contributed by atoms with Crippen LogP contribution in [0.4, 0.5) is 5.69 Å². The van der Waals surface area contributed by atoms with Crippen molar-refractivity contribution in [2.75, 3.05) is 6.66 Å². The summed E-state index contributed by atoms with van der Waals surface area (Å²) in [6.07, 6.45) is 2.57. The van der Waals surface area contributed by atoms with E-state index in [9.17, 15) is 15.4 Å². The van der Waals surface area contributed by atoms with Gasteiger partial charge in [0.15, 0.2) is 0 Å². The first-order chi connectivity index (χ1) is 18.9. The Balaban J connectivity index is 0.00000370. The van der Waals surface area contributed by atoms with Crippen LogP contribution in [-0.4, -0.2) is 16.6 Å². The molecule has 4 aromatic carbocycles. The molecular weight excluding hydrogens is 601 g/mol. The van der Waals surface area contributed by atoms with E-state index in [1.165, 1.54) is 39.8 Å². The van der Waals surface area contributed by atoms with Crippen molar-refractivity contribution in [2.45, 2.75) is 16.1 Å². The van der Waals surface area contributed by atoms with E-state index in [1.54, 1.807) is 12.1 Å². The summed E-state index contributed by atoms with van der Waals surface area (Å²) >= 11 is 1.33. The van der Waals surface area contributed by atoms with E-state index in [0.717, 1.165) is 10.5 Å². The summed E-state index contributed by atoms with van der Waals surface area (Å²) in [5, 5.41) is 25.4. The van der Waals surface area contributed by atoms with E-state index in [2.05, 4.69) is 85.5 Å². The molecule has 0 aliphatic heterocycles. The van der Waals surface area contributed by atoms with Gasteiger partial charge in [0.25, 0.3) is 0 Å². The number of nitro groups is 1. The van der Waals surface area contributed by atoms with E-state index in [-0.39, 0.29) is 22.7 Å². The van der Waals surface area contributed by atoms with Crippen LogP contribution in [0.3, 0.4) is 0 Å². The first kappa shape index (κ1) is 29.2. The summed E-state index contributed by atoms with van der Waals surface area (Å²) in [5.74, 6) is 0. The van der Waals surface area contributed by atoms with Crippen molar-refractivity contribution in [1.82, 2.24) is 4.98 Å². The van der Waals surface area contributed by atoms with Crippen molar-refractivity contribution >= 4 is 56.9 Å². The van der Waals surface area contributed by atoms with Gasteiger partial charge in [0.1, 0.15) is 0 Å². The van der Waals surface area contributed by atoms with Crippen molar-refractivity contribution in [3.63, 3.8) is 0 Å². The maximum atomic E-state index is 11.0. The molecule has 200 valence electrons. The van der Waals surface area contributed by atoms with Gasteiger partial charge in [-0.15, -0.1) is 17.0 Å². The zero-order chi connectivity index (χ0) is 27.3. The van der Waals surface area contributed by atoms with E-state index < -0.39 is 11.5 Å². The average Bonchev–Trinajstić information content (AvgIpc) is 2.99. The molecule has 1 heterocycles. The predicted molar refractivity (Wildman–Crippen MR) is 171 cm³/mol. The molecule has 40 heavy (non-hydrogen) atoms. The SMILES string of the molecule is Br.CP(Cc1cnc(Sc2ccc([N+](=O)[O-])cc2)c(C#N)c1)(c1ccccc1)(c1ccccc1)c1ccccc1. The Kier molecular flexibility index (Phi) is 8.85. The molecule has 0 aliphatic carbocycles.